The number of pyridine rings is 1. The zero-order valence-electron chi connectivity index (χ0n) is 12.8. The van der Waals surface area contributed by atoms with Crippen molar-refractivity contribution >= 4 is 22.1 Å². The molecule has 5 nitrogen and oxygen atoms in total. The fourth-order valence-corrected chi connectivity index (χ4v) is 2.51. The summed E-state index contributed by atoms with van der Waals surface area (Å²) in [4.78, 5) is 12.7. The molecule has 0 aliphatic carbocycles. The van der Waals surface area contributed by atoms with Crippen molar-refractivity contribution in [1.82, 2.24) is 4.57 Å². The van der Waals surface area contributed by atoms with Crippen LogP contribution in [0.25, 0.3) is 16.5 Å². The van der Waals surface area contributed by atoms with Gasteiger partial charge < -0.3 is 15.8 Å². The van der Waals surface area contributed by atoms with Crippen LogP contribution >= 0.6 is 0 Å². The molecule has 0 atom stereocenters. The Morgan fingerprint density at radius 1 is 1.22 bits per heavy atom. The van der Waals surface area contributed by atoms with E-state index in [-0.39, 0.29) is 5.56 Å². The van der Waals surface area contributed by atoms with Gasteiger partial charge in [0.1, 0.15) is 11.6 Å². The van der Waals surface area contributed by atoms with Gasteiger partial charge in [-0.2, -0.15) is 0 Å². The van der Waals surface area contributed by atoms with Gasteiger partial charge in [0.05, 0.1) is 29.6 Å². The van der Waals surface area contributed by atoms with Crippen LogP contribution in [0.5, 0.6) is 5.75 Å². The lowest BCUT2D eigenvalue weighted by atomic mass is 10.1. The Balaban J connectivity index is 2.23. The van der Waals surface area contributed by atoms with E-state index < -0.39 is 5.82 Å². The molecule has 3 aromatic rings. The van der Waals surface area contributed by atoms with E-state index in [1.54, 1.807) is 43.6 Å². The Kier molecular flexibility index (Phi) is 3.65. The van der Waals surface area contributed by atoms with E-state index in [1.165, 1.54) is 17.7 Å². The molecule has 0 aliphatic heterocycles. The number of aromatic nitrogens is 1. The topological polar surface area (TPSA) is 69.3 Å². The first-order valence-electron chi connectivity index (χ1n) is 7.01. The van der Waals surface area contributed by atoms with Crippen LogP contribution in [0, 0.1) is 5.82 Å². The molecule has 0 saturated heterocycles. The number of halogens is 1. The van der Waals surface area contributed by atoms with Gasteiger partial charge in [-0.25, -0.2) is 4.39 Å². The molecular weight excluding hydrogens is 297 g/mol. The van der Waals surface area contributed by atoms with Gasteiger partial charge in [0, 0.05) is 19.3 Å². The first-order chi connectivity index (χ1) is 11.0. The predicted octanol–water partition coefficient (Wildman–Crippen LogP) is 2.76. The molecule has 0 fully saturated rings. The van der Waals surface area contributed by atoms with Crippen molar-refractivity contribution in [3.63, 3.8) is 0 Å². The van der Waals surface area contributed by atoms with Crippen LogP contribution in [0.4, 0.5) is 15.8 Å². The molecule has 3 N–H and O–H groups in total. The van der Waals surface area contributed by atoms with Crippen molar-refractivity contribution in [2.24, 2.45) is 0 Å². The molecule has 0 bridgehead atoms. The maximum Gasteiger partial charge on any atom is 0.263 e. The number of nitrogen functional groups attached to an aromatic ring is 1. The Labute approximate surface area is 132 Å². The van der Waals surface area contributed by atoms with E-state index >= 15 is 0 Å². The average Bonchev–Trinajstić information content (AvgIpc) is 2.56. The number of benzene rings is 2. The standard InChI is InChI=1S/C17H16FN3O2/c1-20-15-7-10-5-6-21(17(22)12(10)9-13(15)18)11-3-4-14(19)16(8-11)23-2/h3-9,20H,19H2,1-2H3. The number of nitrogens with two attached hydrogens (primary N) is 1. The number of methoxy groups -OCH3 is 1. The SMILES string of the molecule is CNc1cc2ccn(-c3ccc(N)c(OC)c3)c(=O)c2cc1F. The minimum absolute atomic E-state index is 0.305. The summed E-state index contributed by atoms with van der Waals surface area (Å²) < 4.78 is 20.6. The Morgan fingerprint density at radius 3 is 2.70 bits per heavy atom. The third-order valence-corrected chi connectivity index (χ3v) is 3.76. The highest BCUT2D eigenvalue weighted by atomic mass is 19.1. The molecule has 3 rings (SSSR count). The van der Waals surface area contributed by atoms with Gasteiger partial charge in [-0.1, -0.05) is 0 Å². The zero-order chi connectivity index (χ0) is 16.6. The molecule has 2 aromatic carbocycles. The minimum atomic E-state index is -0.468. The molecule has 0 spiro atoms. The van der Waals surface area contributed by atoms with Crippen molar-refractivity contribution in [2.75, 3.05) is 25.2 Å². The molecule has 1 aromatic heterocycles. The summed E-state index contributed by atoms with van der Waals surface area (Å²) in [7, 11) is 3.14. The number of rotatable bonds is 3. The highest BCUT2D eigenvalue weighted by molar-refractivity contribution is 5.85. The molecule has 6 heteroatoms. The lowest BCUT2D eigenvalue weighted by Crippen LogP contribution is -2.18. The number of hydrogen-bond donors (Lipinski definition) is 2. The highest BCUT2D eigenvalue weighted by Gasteiger charge is 2.10. The third-order valence-electron chi connectivity index (χ3n) is 3.76. The number of nitrogens with zero attached hydrogens (tertiary/aromatic N) is 1. The van der Waals surface area contributed by atoms with Crippen molar-refractivity contribution in [3.8, 4) is 11.4 Å². The Hall–Kier alpha value is -3.02. The van der Waals surface area contributed by atoms with E-state index in [1.807, 2.05) is 0 Å². The fraction of sp³-hybridized carbons (Fsp3) is 0.118. The maximum atomic E-state index is 14.0. The first kappa shape index (κ1) is 14.9. The van der Waals surface area contributed by atoms with Gasteiger partial charge in [-0.15, -0.1) is 0 Å². The Bertz CT molecular complexity index is 950. The largest absolute Gasteiger partial charge is 0.495 e. The normalized spacial score (nSPS) is 10.7. The van der Waals surface area contributed by atoms with Crippen molar-refractivity contribution in [2.45, 2.75) is 0 Å². The molecule has 23 heavy (non-hydrogen) atoms. The smallest absolute Gasteiger partial charge is 0.263 e. The lowest BCUT2D eigenvalue weighted by Gasteiger charge is -2.11. The second-order valence-corrected chi connectivity index (χ2v) is 5.09. The second kappa shape index (κ2) is 5.64. The van der Waals surface area contributed by atoms with Gasteiger partial charge in [0.2, 0.25) is 0 Å². The van der Waals surface area contributed by atoms with Gasteiger partial charge >= 0.3 is 0 Å². The van der Waals surface area contributed by atoms with Gasteiger partial charge in [-0.3, -0.25) is 9.36 Å². The average molecular weight is 313 g/mol. The van der Waals surface area contributed by atoms with Crippen LogP contribution < -0.4 is 21.3 Å². The maximum absolute atomic E-state index is 14.0. The van der Waals surface area contributed by atoms with Crippen molar-refractivity contribution in [1.29, 1.82) is 0 Å². The van der Waals surface area contributed by atoms with Crippen LogP contribution in [-0.4, -0.2) is 18.7 Å². The van der Waals surface area contributed by atoms with Crippen LogP contribution in [0.2, 0.25) is 0 Å². The number of anilines is 2. The monoisotopic (exact) mass is 313 g/mol. The van der Waals surface area contributed by atoms with Gasteiger partial charge in [-0.05, 0) is 35.7 Å². The summed E-state index contributed by atoms with van der Waals surface area (Å²) in [6, 6.07) is 9.66. The molecule has 118 valence electrons. The molecule has 0 saturated carbocycles. The summed E-state index contributed by atoms with van der Waals surface area (Å²) >= 11 is 0. The van der Waals surface area contributed by atoms with Crippen LogP contribution in [0.15, 0.2) is 47.4 Å². The predicted molar refractivity (Wildman–Crippen MR) is 90.0 cm³/mol. The zero-order valence-corrected chi connectivity index (χ0v) is 12.8. The van der Waals surface area contributed by atoms with E-state index in [9.17, 15) is 9.18 Å². The van der Waals surface area contributed by atoms with E-state index in [2.05, 4.69) is 5.32 Å². The summed E-state index contributed by atoms with van der Waals surface area (Å²) in [5.74, 6) is 0.0101. The highest BCUT2D eigenvalue weighted by Crippen LogP contribution is 2.25. The third kappa shape index (κ3) is 2.48. The summed E-state index contributed by atoms with van der Waals surface area (Å²) in [6.07, 6.45) is 1.65. The molecule has 1 heterocycles. The van der Waals surface area contributed by atoms with Crippen molar-refractivity contribution in [3.05, 3.63) is 58.8 Å². The minimum Gasteiger partial charge on any atom is -0.495 e. The van der Waals surface area contributed by atoms with E-state index in [4.69, 9.17) is 10.5 Å². The van der Waals surface area contributed by atoms with E-state index in [0.29, 0.717) is 33.6 Å². The van der Waals surface area contributed by atoms with Crippen LogP contribution in [0.1, 0.15) is 0 Å². The van der Waals surface area contributed by atoms with Gasteiger partial charge in [0.25, 0.3) is 5.56 Å². The quantitative estimate of drug-likeness (QED) is 0.730. The number of ether oxygens (including phenoxy) is 1. The molecule has 0 radical (unpaired) electrons. The van der Waals surface area contributed by atoms with Gasteiger partial charge in [0.15, 0.2) is 0 Å². The number of fused-ring (bicyclic) bond motifs is 1. The molecule has 0 aliphatic rings. The van der Waals surface area contributed by atoms with E-state index in [0.717, 1.165) is 0 Å². The number of hydrogen-bond acceptors (Lipinski definition) is 4. The summed E-state index contributed by atoms with van der Waals surface area (Å²) in [5, 5.41) is 3.73. The Morgan fingerprint density at radius 2 is 2.00 bits per heavy atom. The van der Waals surface area contributed by atoms with Crippen molar-refractivity contribution < 1.29 is 9.13 Å². The molecule has 0 unspecified atom stereocenters. The second-order valence-electron chi connectivity index (χ2n) is 5.09. The molecular formula is C17H16FN3O2. The number of nitrogens with one attached hydrogen (secondary N) is 1. The van der Waals surface area contributed by atoms with Crippen LogP contribution in [0.3, 0.4) is 0 Å². The molecule has 0 amide bonds. The lowest BCUT2D eigenvalue weighted by molar-refractivity contribution is 0.417. The summed E-state index contributed by atoms with van der Waals surface area (Å²) in [5.41, 5.74) is 6.91. The first-order valence-corrected chi connectivity index (χ1v) is 7.01. The van der Waals surface area contributed by atoms with Crippen LogP contribution in [-0.2, 0) is 0 Å². The fourth-order valence-electron chi connectivity index (χ4n) is 2.51. The summed E-state index contributed by atoms with van der Waals surface area (Å²) in [6.45, 7) is 0.